The molecule has 0 spiro atoms. The molecule has 5 nitrogen and oxygen atoms in total. The van der Waals surface area contributed by atoms with Gasteiger partial charge in [-0.2, -0.15) is 0 Å². The lowest BCUT2D eigenvalue weighted by molar-refractivity contribution is -0.160. The van der Waals surface area contributed by atoms with E-state index in [1.54, 1.807) is 6.07 Å². The SMILES string of the molecule is Cc1nc2c(ccn2Cc2ccc(F)c(F)c2)c(C2=CCC(C)(C)CC2)c1C(OC(C)(C)C)C(=O)O. The van der Waals surface area contributed by atoms with Gasteiger partial charge in [0.25, 0.3) is 0 Å². The molecule has 0 fully saturated rings. The number of aliphatic carboxylic acids is 1. The van der Waals surface area contributed by atoms with Crippen molar-refractivity contribution in [3.05, 3.63) is 70.6 Å². The molecule has 0 radical (unpaired) electrons. The maximum Gasteiger partial charge on any atom is 0.337 e. The first-order chi connectivity index (χ1) is 16.8. The Hall–Kier alpha value is -3.06. The zero-order valence-corrected chi connectivity index (χ0v) is 21.8. The number of fused-ring (bicyclic) bond motifs is 1. The number of nitrogens with zero attached hydrogens (tertiary/aromatic N) is 2. The number of rotatable bonds is 6. The van der Waals surface area contributed by atoms with E-state index in [4.69, 9.17) is 9.72 Å². The Morgan fingerprint density at radius 1 is 1.22 bits per heavy atom. The molecule has 1 aliphatic rings. The summed E-state index contributed by atoms with van der Waals surface area (Å²) in [6.45, 7) is 12.1. The van der Waals surface area contributed by atoms with Crippen molar-refractivity contribution in [2.75, 3.05) is 0 Å². The average Bonchev–Trinajstić information content (AvgIpc) is 3.15. The van der Waals surface area contributed by atoms with Gasteiger partial charge < -0.3 is 14.4 Å². The molecule has 1 aliphatic carbocycles. The van der Waals surface area contributed by atoms with Crippen LogP contribution in [-0.2, 0) is 16.1 Å². The fourth-order valence-corrected chi connectivity index (χ4v) is 4.85. The highest BCUT2D eigenvalue weighted by Crippen LogP contribution is 2.44. The van der Waals surface area contributed by atoms with Crippen molar-refractivity contribution in [2.24, 2.45) is 5.41 Å². The Kier molecular flexibility index (Phi) is 6.82. The van der Waals surface area contributed by atoms with E-state index in [1.165, 1.54) is 6.07 Å². The van der Waals surface area contributed by atoms with E-state index in [0.29, 0.717) is 29.0 Å². The number of allylic oxidation sites excluding steroid dienone is 2. The van der Waals surface area contributed by atoms with Crippen LogP contribution in [0.2, 0.25) is 0 Å². The summed E-state index contributed by atoms with van der Waals surface area (Å²) in [7, 11) is 0. The number of benzene rings is 1. The maximum atomic E-state index is 13.8. The predicted octanol–water partition coefficient (Wildman–Crippen LogP) is 7.21. The number of halogens is 2. The Morgan fingerprint density at radius 3 is 2.53 bits per heavy atom. The van der Waals surface area contributed by atoms with Gasteiger partial charge >= 0.3 is 5.97 Å². The Morgan fingerprint density at radius 2 is 1.94 bits per heavy atom. The molecule has 36 heavy (non-hydrogen) atoms. The van der Waals surface area contributed by atoms with Gasteiger partial charge in [0.05, 0.1) is 5.60 Å². The van der Waals surface area contributed by atoms with Crippen molar-refractivity contribution in [1.82, 2.24) is 9.55 Å². The van der Waals surface area contributed by atoms with Gasteiger partial charge in [-0.25, -0.2) is 18.6 Å². The lowest BCUT2D eigenvalue weighted by Crippen LogP contribution is -2.29. The normalized spacial score (nSPS) is 16.7. The molecule has 0 aliphatic heterocycles. The molecular weight excluding hydrogens is 462 g/mol. The summed E-state index contributed by atoms with van der Waals surface area (Å²) in [5, 5.41) is 11.0. The van der Waals surface area contributed by atoms with E-state index in [0.717, 1.165) is 41.9 Å². The first-order valence-corrected chi connectivity index (χ1v) is 12.3. The number of aryl methyl sites for hydroxylation is 1. The second-order valence-electron chi connectivity index (χ2n) is 11.5. The van der Waals surface area contributed by atoms with Gasteiger partial charge in [-0.05, 0) is 87.3 Å². The van der Waals surface area contributed by atoms with Crippen LogP contribution in [0.5, 0.6) is 0 Å². The van der Waals surface area contributed by atoms with Crippen LogP contribution in [0.25, 0.3) is 16.6 Å². The van der Waals surface area contributed by atoms with E-state index in [2.05, 4.69) is 19.9 Å². The molecular formula is C29H34F2N2O3. The molecule has 0 saturated heterocycles. The van der Waals surface area contributed by atoms with Gasteiger partial charge in [0, 0.05) is 29.4 Å². The van der Waals surface area contributed by atoms with Crippen molar-refractivity contribution in [1.29, 1.82) is 0 Å². The Bertz CT molecular complexity index is 1350. The van der Waals surface area contributed by atoms with Gasteiger partial charge in [0.15, 0.2) is 17.7 Å². The highest BCUT2D eigenvalue weighted by Gasteiger charge is 2.34. The Labute approximate surface area is 210 Å². The van der Waals surface area contributed by atoms with Gasteiger partial charge in [-0.1, -0.05) is 26.0 Å². The molecule has 3 aromatic rings. The fraction of sp³-hybridized carbons (Fsp3) is 0.448. The van der Waals surface area contributed by atoms with Crippen LogP contribution < -0.4 is 0 Å². The van der Waals surface area contributed by atoms with Crippen LogP contribution in [0.15, 0.2) is 36.5 Å². The van der Waals surface area contributed by atoms with Gasteiger partial charge in [-0.3, -0.25) is 0 Å². The minimum Gasteiger partial charge on any atom is -0.479 e. The highest BCUT2D eigenvalue weighted by atomic mass is 19.2. The topological polar surface area (TPSA) is 64.4 Å². The standard InChI is InChI=1S/C29H34F2N2O3/c1-17-23(25(27(34)35)36-28(2,3)4)24(19-9-12-29(5,6)13-10-19)20-11-14-33(26(20)32-17)16-18-7-8-21(30)22(31)15-18/h7-9,11,14-15,25H,10,12-13,16H2,1-6H3,(H,34,35). The van der Waals surface area contributed by atoms with E-state index in [1.807, 2.05) is 44.5 Å². The minimum atomic E-state index is -1.18. The molecule has 2 aromatic heterocycles. The second kappa shape index (κ2) is 9.43. The van der Waals surface area contributed by atoms with E-state index < -0.39 is 29.3 Å². The van der Waals surface area contributed by atoms with Crippen molar-refractivity contribution < 1.29 is 23.4 Å². The van der Waals surface area contributed by atoms with Crippen LogP contribution in [-0.4, -0.2) is 26.2 Å². The van der Waals surface area contributed by atoms with Gasteiger partial charge in [0.2, 0.25) is 0 Å². The minimum absolute atomic E-state index is 0.178. The molecule has 0 saturated carbocycles. The van der Waals surface area contributed by atoms with Gasteiger partial charge in [0.1, 0.15) is 5.65 Å². The van der Waals surface area contributed by atoms with Gasteiger partial charge in [-0.15, -0.1) is 0 Å². The van der Waals surface area contributed by atoms with Crippen LogP contribution in [0.3, 0.4) is 0 Å². The van der Waals surface area contributed by atoms with Crippen LogP contribution in [0.4, 0.5) is 8.78 Å². The number of carboxylic acids is 1. The molecule has 1 N–H and O–H groups in total. The number of hydrogen-bond donors (Lipinski definition) is 1. The molecule has 1 atom stereocenters. The number of hydrogen-bond acceptors (Lipinski definition) is 3. The van der Waals surface area contributed by atoms with Crippen molar-refractivity contribution >= 4 is 22.6 Å². The molecule has 1 unspecified atom stereocenters. The summed E-state index contributed by atoms with van der Waals surface area (Å²) in [6.07, 6.45) is 5.58. The van der Waals surface area contributed by atoms with Crippen molar-refractivity contribution in [2.45, 2.75) is 79.1 Å². The average molecular weight is 497 g/mol. The summed E-state index contributed by atoms with van der Waals surface area (Å²) in [5.74, 6) is -2.84. The monoisotopic (exact) mass is 496 g/mol. The molecule has 0 amide bonds. The molecule has 7 heteroatoms. The molecule has 4 rings (SSSR count). The maximum absolute atomic E-state index is 13.8. The third kappa shape index (κ3) is 5.36. The first-order valence-electron chi connectivity index (χ1n) is 12.3. The zero-order valence-electron chi connectivity index (χ0n) is 21.8. The molecule has 1 aromatic carbocycles. The first kappa shape index (κ1) is 26.0. The number of aromatic nitrogens is 2. The summed E-state index contributed by atoms with van der Waals surface area (Å²) < 4.78 is 35.2. The van der Waals surface area contributed by atoms with Crippen LogP contribution in [0, 0.1) is 24.0 Å². The lowest BCUT2D eigenvalue weighted by Gasteiger charge is -2.32. The summed E-state index contributed by atoms with van der Waals surface area (Å²) >= 11 is 0. The van der Waals surface area contributed by atoms with Crippen molar-refractivity contribution in [3.8, 4) is 0 Å². The quantitative estimate of drug-likeness (QED) is 0.392. The molecule has 192 valence electrons. The Balaban J connectivity index is 1.92. The number of carboxylic acid groups (broad SMARTS) is 1. The highest BCUT2D eigenvalue weighted by molar-refractivity contribution is 5.95. The summed E-state index contributed by atoms with van der Waals surface area (Å²) in [4.78, 5) is 17.3. The summed E-state index contributed by atoms with van der Waals surface area (Å²) in [6, 6.07) is 5.79. The molecule has 2 heterocycles. The second-order valence-corrected chi connectivity index (χ2v) is 11.5. The smallest absolute Gasteiger partial charge is 0.337 e. The largest absolute Gasteiger partial charge is 0.479 e. The van der Waals surface area contributed by atoms with Crippen LogP contribution >= 0.6 is 0 Å². The predicted molar refractivity (Wildman–Crippen MR) is 137 cm³/mol. The van der Waals surface area contributed by atoms with E-state index >= 15 is 0 Å². The zero-order chi connectivity index (χ0) is 26.4. The number of carbonyl (C=O) groups is 1. The third-order valence-corrected chi connectivity index (χ3v) is 6.72. The van der Waals surface area contributed by atoms with Crippen molar-refractivity contribution in [3.63, 3.8) is 0 Å². The van der Waals surface area contributed by atoms with E-state index in [-0.39, 0.29) is 5.41 Å². The fourth-order valence-electron chi connectivity index (χ4n) is 4.85. The number of ether oxygens (including phenoxy) is 1. The lowest BCUT2D eigenvalue weighted by atomic mass is 9.75. The third-order valence-electron chi connectivity index (χ3n) is 6.72. The van der Waals surface area contributed by atoms with Crippen LogP contribution in [0.1, 0.15) is 82.4 Å². The number of pyridine rings is 1. The van der Waals surface area contributed by atoms with E-state index in [9.17, 15) is 18.7 Å². The molecule has 0 bridgehead atoms. The summed E-state index contributed by atoms with van der Waals surface area (Å²) in [5.41, 5.74) is 3.87.